The van der Waals surface area contributed by atoms with E-state index in [4.69, 9.17) is 0 Å². The van der Waals surface area contributed by atoms with E-state index >= 15 is 0 Å². The summed E-state index contributed by atoms with van der Waals surface area (Å²) in [7, 11) is 0. The maximum atomic E-state index is 3.58. The zero-order valence-corrected chi connectivity index (χ0v) is 9.30. The minimum Gasteiger partial charge on any atom is -0.310 e. The largest absolute Gasteiger partial charge is 0.310 e. The molecule has 0 amide bonds. The second-order valence-electron chi connectivity index (χ2n) is 4.72. The quantitative estimate of drug-likeness (QED) is 0.716. The van der Waals surface area contributed by atoms with Gasteiger partial charge < -0.3 is 5.32 Å². The topological polar surface area (TPSA) is 12.0 Å². The molecule has 1 aliphatic rings. The van der Waals surface area contributed by atoms with E-state index in [1.54, 1.807) is 0 Å². The van der Waals surface area contributed by atoms with Crippen molar-refractivity contribution < 1.29 is 0 Å². The number of rotatable bonds is 1. The van der Waals surface area contributed by atoms with Crippen LogP contribution >= 0.6 is 0 Å². The van der Waals surface area contributed by atoms with Gasteiger partial charge in [-0.1, -0.05) is 36.2 Å². The molecule has 0 saturated carbocycles. The molecule has 1 aromatic rings. The van der Waals surface area contributed by atoms with Gasteiger partial charge in [0.05, 0.1) is 0 Å². The van der Waals surface area contributed by atoms with Crippen molar-refractivity contribution in [2.24, 2.45) is 5.92 Å². The summed E-state index contributed by atoms with van der Waals surface area (Å²) in [5.41, 5.74) is 4.22. The minimum absolute atomic E-state index is 0.587. The first kappa shape index (κ1) is 9.72. The molecule has 1 heterocycles. The van der Waals surface area contributed by atoms with Gasteiger partial charge in [0, 0.05) is 6.04 Å². The van der Waals surface area contributed by atoms with E-state index in [-0.39, 0.29) is 0 Å². The molecule has 1 aliphatic heterocycles. The number of benzene rings is 1. The van der Waals surface area contributed by atoms with Crippen LogP contribution in [0.1, 0.15) is 36.1 Å². The van der Waals surface area contributed by atoms with E-state index in [0.29, 0.717) is 6.04 Å². The van der Waals surface area contributed by atoms with Gasteiger partial charge in [-0.15, -0.1) is 0 Å². The van der Waals surface area contributed by atoms with Crippen molar-refractivity contribution >= 4 is 0 Å². The van der Waals surface area contributed by atoms with Gasteiger partial charge in [0.1, 0.15) is 0 Å². The van der Waals surface area contributed by atoms with Gasteiger partial charge in [-0.3, -0.25) is 0 Å². The lowest BCUT2D eigenvalue weighted by atomic mass is 9.98. The molecule has 2 rings (SSSR count). The van der Waals surface area contributed by atoms with Gasteiger partial charge in [-0.05, 0) is 38.3 Å². The van der Waals surface area contributed by atoms with Crippen molar-refractivity contribution in [3.05, 3.63) is 34.9 Å². The maximum Gasteiger partial charge on any atom is 0.0323 e. The minimum atomic E-state index is 0.587. The molecule has 0 radical (unpaired) electrons. The Morgan fingerprint density at radius 1 is 1.14 bits per heavy atom. The van der Waals surface area contributed by atoms with Crippen molar-refractivity contribution in [3.63, 3.8) is 0 Å². The van der Waals surface area contributed by atoms with Crippen molar-refractivity contribution in [2.45, 2.75) is 33.2 Å². The first-order valence-corrected chi connectivity index (χ1v) is 5.47. The van der Waals surface area contributed by atoms with Crippen molar-refractivity contribution in [1.82, 2.24) is 5.32 Å². The first-order chi connectivity index (χ1) is 6.65. The molecule has 1 nitrogen and oxygen atoms in total. The third-order valence-corrected chi connectivity index (χ3v) is 3.00. The zero-order chi connectivity index (χ0) is 10.1. The first-order valence-electron chi connectivity index (χ1n) is 5.47. The van der Waals surface area contributed by atoms with Crippen LogP contribution in [-0.2, 0) is 0 Å². The summed E-state index contributed by atoms with van der Waals surface area (Å²) in [6.07, 6.45) is 1.28. The molecule has 1 fully saturated rings. The molecule has 0 bridgehead atoms. The van der Waals surface area contributed by atoms with Gasteiger partial charge in [0.15, 0.2) is 0 Å². The Balaban J connectivity index is 2.23. The third kappa shape index (κ3) is 1.98. The molecule has 0 unspecified atom stereocenters. The molecular weight excluding hydrogens is 170 g/mol. The van der Waals surface area contributed by atoms with Crippen LogP contribution in [0.25, 0.3) is 0 Å². The molecular formula is C13H19N. The highest BCUT2D eigenvalue weighted by atomic mass is 14.9. The number of aryl methyl sites for hydroxylation is 2. The summed E-state index contributed by atoms with van der Waals surface area (Å²) in [5.74, 6) is 0.820. The van der Waals surface area contributed by atoms with Gasteiger partial charge in [0.2, 0.25) is 0 Å². The highest BCUT2D eigenvalue weighted by molar-refractivity contribution is 5.31. The van der Waals surface area contributed by atoms with Crippen molar-refractivity contribution in [2.75, 3.05) is 6.54 Å². The Hall–Kier alpha value is -0.820. The molecule has 0 aromatic heterocycles. The Morgan fingerprint density at radius 3 is 2.29 bits per heavy atom. The third-order valence-electron chi connectivity index (χ3n) is 3.00. The second-order valence-corrected chi connectivity index (χ2v) is 4.72. The van der Waals surface area contributed by atoms with Gasteiger partial charge in [-0.25, -0.2) is 0 Å². The molecule has 76 valence electrons. The predicted octanol–water partition coefficient (Wildman–Crippen LogP) is 2.97. The highest BCUT2D eigenvalue weighted by Gasteiger charge is 2.21. The number of hydrogen-bond acceptors (Lipinski definition) is 1. The fraction of sp³-hybridized carbons (Fsp3) is 0.538. The molecule has 14 heavy (non-hydrogen) atoms. The van der Waals surface area contributed by atoms with Gasteiger partial charge in [-0.2, -0.15) is 0 Å². The van der Waals surface area contributed by atoms with E-state index in [1.165, 1.54) is 23.1 Å². The summed E-state index contributed by atoms with van der Waals surface area (Å²) >= 11 is 0. The zero-order valence-electron chi connectivity index (χ0n) is 9.30. The molecule has 1 heteroatoms. The van der Waals surface area contributed by atoms with Crippen LogP contribution in [0, 0.1) is 19.8 Å². The van der Waals surface area contributed by atoms with E-state index in [0.717, 1.165) is 12.5 Å². The average molecular weight is 189 g/mol. The van der Waals surface area contributed by atoms with Crippen LogP contribution in [-0.4, -0.2) is 6.54 Å². The monoisotopic (exact) mass is 189 g/mol. The van der Waals surface area contributed by atoms with Crippen LogP contribution in [0.5, 0.6) is 0 Å². The average Bonchev–Trinajstić information content (AvgIpc) is 2.50. The fourth-order valence-electron chi connectivity index (χ4n) is 2.38. The molecule has 2 atom stereocenters. The van der Waals surface area contributed by atoms with E-state index < -0.39 is 0 Å². The van der Waals surface area contributed by atoms with Crippen LogP contribution < -0.4 is 5.32 Å². The van der Waals surface area contributed by atoms with Crippen molar-refractivity contribution in [1.29, 1.82) is 0 Å². The second kappa shape index (κ2) is 3.74. The van der Waals surface area contributed by atoms with Crippen molar-refractivity contribution in [3.8, 4) is 0 Å². The van der Waals surface area contributed by atoms with Crippen LogP contribution in [0.2, 0.25) is 0 Å². The summed E-state index contributed by atoms with van der Waals surface area (Å²) in [4.78, 5) is 0. The Kier molecular flexibility index (Phi) is 2.60. The molecule has 0 aliphatic carbocycles. The van der Waals surface area contributed by atoms with Gasteiger partial charge >= 0.3 is 0 Å². The summed E-state index contributed by atoms with van der Waals surface area (Å²) in [6.45, 7) is 7.83. The SMILES string of the molecule is Cc1cc(C)cc([C@@H]2C[C@@H](C)CN2)c1. The highest BCUT2D eigenvalue weighted by Crippen LogP contribution is 2.27. The van der Waals surface area contributed by atoms with Crippen LogP contribution in [0.3, 0.4) is 0 Å². The van der Waals surface area contributed by atoms with E-state index in [9.17, 15) is 0 Å². The van der Waals surface area contributed by atoms with E-state index in [2.05, 4.69) is 44.3 Å². The Morgan fingerprint density at radius 2 is 1.79 bits per heavy atom. The molecule has 0 spiro atoms. The summed E-state index contributed by atoms with van der Waals surface area (Å²) in [6, 6.07) is 7.44. The maximum absolute atomic E-state index is 3.58. The lowest BCUT2D eigenvalue weighted by molar-refractivity contribution is 0.611. The van der Waals surface area contributed by atoms with Gasteiger partial charge in [0.25, 0.3) is 0 Å². The summed E-state index contributed by atoms with van der Waals surface area (Å²) < 4.78 is 0. The van der Waals surface area contributed by atoms with E-state index in [1.807, 2.05) is 0 Å². The Labute approximate surface area is 86.5 Å². The molecule has 1 aromatic carbocycles. The van der Waals surface area contributed by atoms with Crippen LogP contribution in [0.15, 0.2) is 18.2 Å². The number of hydrogen-bond donors (Lipinski definition) is 1. The van der Waals surface area contributed by atoms with Crippen LogP contribution in [0.4, 0.5) is 0 Å². The number of nitrogens with one attached hydrogen (secondary N) is 1. The molecule has 1 saturated heterocycles. The summed E-state index contributed by atoms with van der Waals surface area (Å²) in [5, 5.41) is 3.58. The Bertz CT molecular complexity index is 310. The fourth-order valence-corrected chi connectivity index (χ4v) is 2.38. The lowest BCUT2D eigenvalue weighted by Crippen LogP contribution is -2.13. The molecule has 1 N–H and O–H groups in total. The lowest BCUT2D eigenvalue weighted by Gasteiger charge is -2.12. The standard InChI is InChI=1S/C13H19N/c1-9-4-10(2)6-12(5-9)13-7-11(3)8-14-13/h4-6,11,13-14H,7-8H2,1-3H3/t11-,13+/m1/s1. The normalized spacial score (nSPS) is 26.8. The smallest absolute Gasteiger partial charge is 0.0323 e. The predicted molar refractivity (Wildman–Crippen MR) is 60.4 cm³/mol.